The molecule has 0 N–H and O–H groups in total. The lowest BCUT2D eigenvalue weighted by Gasteiger charge is -2.43. The van der Waals surface area contributed by atoms with Gasteiger partial charge in [-0.15, -0.1) is 5.10 Å². The average Bonchev–Trinajstić information content (AvgIpc) is 2.93. The van der Waals surface area contributed by atoms with Crippen LogP contribution in [0.4, 0.5) is 0 Å². The van der Waals surface area contributed by atoms with Crippen LogP contribution < -0.4 is 0 Å². The Morgan fingerprint density at radius 3 is 3.10 bits per heavy atom. The SMILES string of the molecule is O=C(c1cccn2nnnc12)N1CCOCC1C1CCC1. The number of aromatic nitrogens is 4. The minimum atomic E-state index is 0.00981. The van der Waals surface area contributed by atoms with Crippen LogP contribution in [0.15, 0.2) is 18.3 Å². The summed E-state index contributed by atoms with van der Waals surface area (Å²) in [6.07, 6.45) is 5.38. The van der Waals surface area contributed by atoms with E-state index in [-0.39, 0.29) is 11.9 Å². The molecule has 2 fully saturated rings. The first-order valence-electron chi connectivity index (χ1n) is 7.40. The number of hydrogen-bond acceptors (Lipinski definition) is 5. The lowest BCUT2D eigenvalue weighted by molar-refractivity contribution is -0.0330. The summed E-state index contributed by atoms with van der Waals surface area (Å²) in [5.74, 6) is 0.584. The number of fused-ring (bicyclic) bond motifs is 1. The molecular formula is C14H17N5O2. The van der Waals surface area contributed by atoms with Crippen molar-refractivity contribution in [1.82, 2.24) is 24.9 Å². The third-order valence-electron chi connectivity index (χ3n) is 4.57. The molecule has 1 aliphatic carbocycles. The molecule has 1 atom stereocenters. The Kier molecular flexibility index (Phi) is 3.07. The van der Waals surface area contributed by atoms with E-state index < -0.39 is 0 Å². The van der Waals surface area contributed by atoms with Crippen LogP contribution in [-0.4, -0.2) is 56.6 Å². The molecule has 1 saturated carbocycles. The first kappa shape index (κ1) is 12.7. The van der Waals surface area contributed by atoms with Crippen molar-refractivity contribution >= 4 is 11.6 Å². The Bertz CT molecular complexity index is 666. The summed E-state index contributed by atoms with van der Waals surface area (Å²) in [4.78, 5) is 14.9. The molecular weight excluding hydrogens is 270 g/mol. The summed E-state index contributed by atoms with van der Waals surface area (Å²) in [6, 6.07) is 3.78. The highest BCUT2D eigenvalue weighted by molar-refractivity contribution is 5.99. The van der Waals surface area contributed by atoms with E-state index in [1.807, 2.05) is 4.90 Å². The first-order chi connectivity index (χ1) is 10.3. The van der Waals surface area contributed by atoms with Crippen LogP contribution in [0.25, 0.3) is 5.65 Å². The number of carbonyl (C=O) groups excluding carboxylic acids is 1. The van der Waals surface area contributed by atoms with Gasteiger partial charge in [-0.25, -0.2) is 0 Å². The minimum Gasteiger partial charge on any atom is -0.377 e. The molecule has 3 heterocycles. The van der Waals surface area contributed by atoms with E-state index in [1.165, 1.54) is 23.8 Å². The van der Waals surface area contributed by atoms with Crippen LogP contribution in [0.3, 0.4) is 0 Å². The number of hydrogen-bond donors (Lipinski definition) is 0. The zero-order valence-corrected chi connectivity index (χ0v) is 11.7. The van der Waals surface area contributed by atoms with Crippen molar-refractivity contribution in [1.29, 1.82) is 0 Å². The summed E-state index contributed by atoms with van der Waals surface area (Å²) < 4.78 is 7.12. The van der Waals surface area contributed by atoms with Gasteiger partial charge in [-0.2, -0.15) is 4.52 Å². The molecule has 0 spiro atoms. The number of amides is 1. The Morgan fingerprint density at radius 2 is 2.29 bits per heavy atom. The molecule has 7 heteroatoms. The van der Waals surface area contributed by atoms with Crippen LogP contribution in [0.5, 0.6) is 0 Å². The van der Waals surface area contributed by atoms with Gasteiger partial charge in [-0.05, 0) is 41.3 Å². The Hall–Kier alpha value is -2.02. The van der Waals surface area contributed by atoms with E-state index in [0.717, 1.165) is 0 Å². The van der Waals surface area contributed by atoms with Crippen molar-refractivity contribution in [3.8, 4) is 0 Å². The molecule has 0 aromatic carbocycles. The molecule has 4 rings (SSSR count). The van der Waals surface area contributed by atoms with Gasteiger partial charge in [0.05, 0.1) is 24.8 Å². The van der Waals surface area contributed by atoms with E-state index >= 15 is 0 Å². The molecule has 2 aliphatic rings. The first-order valence-corrected chi connectivity index (χ1v) is 7.40. The molecule has 1 unspecified atom stereocenters. The number of carbonyl (C=O) groups is 1. The molecule has 1 aliphatic heterocycles. The molecule has 110 valence electrons. The summed E-state index contributed by atoms with van der Waals surface area (Å²) in [6.45, 7) is 1.89. The van der Waals surface area contributed by atoms with Crippen LogP contribution in [0, 0.1) is 5.92 Å². The van der Waals surface area contributed by atoms with Gasteiger partial charge in [0.15, 0.2) is 5.65 Å². The predicted molar refractivity (Wildman–Crippen MR) is 73.8 cm³/mol. The number of rotatable bonds is 2. The standard InChI is InChI=1S/C14H17N5O2/c20-14(11-5-2-6-19-13(11)15-16-17-19)18-7-8-21-9-12(18)10-3-1-4-10/h2,5-6,10,12H,1,3-4,7-9H2. The van der Waals surface area contributed by atoms with Crippen molar-refractivity contribution < 1.29 is 9.53 Å². The minimum absolute atomic E-state index is 0.00981. The van der Waals surface area contributed by atoms with Gasteiger partial charge in [0, 0.05) is 12.7 Å². The van der Waals surface area contributed by atoms with Crippen molar-refractivity contribution in [3.05, 3.63) is 23.9 Å². The van der Waals surface area contributed by atoms with Gasteiger partial charge in [-0.3, -0.25) is 4.79 Å². The summed E-state index contributed by atoms with van der Waals surface area (Å²) in [5.41, 5.74) is 1.08. The zero-order chi connectivity index (χ0) is 14.2. The maximum atomic E-state index is 12.9. The quantitative estimate of drug-likeness (QED) is 0.815. The van der Waals surface area contributed by atoms with Crippen molar-refractivity contribution in [2.75, 3.05) is 19.8 Å². The van der Waals surface area contributed by atoms with Crippen molar-refractivity contribution in [2.45, 2.75) is 25.3 Å². The number of pyridine rings is 1. The predicted octanol–water partition coefficient (Wildman–Crippen LogP) is 0.765. The molecule has 2 aromatic heterocycles. The Labute approximate surface area is 121 Å². The maximum absolute atomic E-state index is 12.9. The fourth-order valence-electron chi connectivity index (χ4n) is 3.18. The Balaban J connectivity index is 1.67. The molecule has 2 aromatic rings. The molecule has 0 bridgehead atoms. The maximum Gasteiger partial charge on any atom is 0.258 e. The van der Waals surface area contributed by atoms with E-state index in [9.17, 15) is 4.79 Å². The number of morpholine rings is 1. The number of tetrazole rings is 1. The van der Waals surface area contributed by atoms with Crippen LogP contribution >= 0.6 is 0 Å². The topological polar surface area (TPSA) is 72.6 Å². The second-order valence-electron chi connectivity index (χ2n) is 5.70. The zero-order valence-electron chi connectivity index (χ0n) is 11.7. The van der Waals surface area contributed by atoms with Gasteiger partial charge >= 0.3 is 0 Å². The fraction of sp³-hybridized carbons (Fsp3) is 0.571. The fourth-order valence-corrected chi connectivity index (χ4v) is 3.18. The highest BCUT2D eigenvalue weighted by atomic mass is 16.5. The largest absolute Gasteiger partial charge is 0.377 e. The van der Waals surface area contributed by atoms with Crippen LogP contribution in [-0.2, 0) is 4.74 Å². The summed E-state index contributed by atoms with van der Waals surface area (Å²) in [7, 11) is 0. The third kappa shape index (κ3) is 2.08. The highest BCUT2D eigenvalue weighted by Crippen LogP contribution is 2.34. The van der Waals surface area contributed by atoms with Gasteiger partial charge in [-0.1, -0.05) is 6.42 Å². The average molecular weight is 287 g/mol. The van der Waals surface area contributed by atoms with Crippen molar-refractivity contribution in [2.24, 2.45) is 5.92 Å². The number of ether oxygens (including phenoxy) is 1. The van der Waals surface area contributed by atoms with E-state index in [1.54, 1.807) is 18.3 Å². The van der Waals surface area contributed by atoms with Crippen LogP contribution in [0.2, 0.25) is 0 Å². The van der Waals surface area contributed by atoms with E-state index in [2.05, 4.69) is 15.5 Å². The summed E-state index contributed by atoms with van der Waals surface area (Å²) >= 11 is 0. The monoisotopic (exact) mass is 287 g/mol. The second-order valence-corrected chi connectivity index (χ2v) is 5.70. The Morgan fingerprint density at radius 1 is 1.38 bits per heavy atom. The highest BCUT2D eigenvalue weighted by Gasteiger charge is 2.37. The van der Waals surface area contributed by atoms with Gasteiger partial charge in [0.1, 0.15) is 0 Å². The lowest BCUT2D eigenvalue weighted by atomic mass is 9.79. The molecule has 7 nitrogen and oxygen atoms in total. The van der Waals surface area contributed by atoms with E-state index in [0.29, 0.717) is 36.9 Å². The number of nitrogens with zero attached hydrogens (tertiary/aromatic N) is 5. The summed E-state index contributed by atoms with van der Waals surface area (Å²) in [5, 5.41) is 11.4. The van der Waals surface area contributed by atoms with E-state index in [4.69, 9.17) is 4.74 Å². The second kappa shape index (κ2) is 5.07. The van der Waals surface area contributed by atoms with Gasteiger partial charge in [0.25, 0.3) is 5.91 Å². The lowest BCUT2D eigenvalue weighted by Crippen LogP contribution is -2.53. The van der Waals surface area contributed by atoms with Gasteiger partial charge < -0.3 is 9.64 Å². The molecule has 1 saturated heterocycles. The molecule has 21 heavy (non-hydrogen) atoms. The van der Waals surface area contributed by atoms with Gasteiger partial charge in [0.2, 0.25) is 0 Å². The smallest absolute Gasteiger partial charge is 0.258 e. The normalized spacial score (nSPS) is 23.2. The molecule has 0 radical (unpaired) electrons. The van der Waals surface area contributed by atoms with Crippen molar-refractivity contribution in [3.63, 3.8) is 0 Å². The van der Waals surface area contributed by atoms with Crippen LogP contribution in [0.1, 0.15) is 29.6 Å². The third-order valence-corrected chi connectivity index (χ3v) is 4.57. The molecule has 1 amide bonds.